The van der Waals surface area contributed by atoms with Crippen LogP contribution in [-0.4, -0.2) is 180 Å². The molecule has 0 rings (SSSR count). The number of aliphatic carboxylic acids is 4. The van der Waals surface area contributed by atoms with E-state index in [-0.39, 0.29) is 102 Å². The summed E-state index contributed by atoms with van der Waals surface area (Å²) in [5, 5.41) is 52.3. The molecule has 80 heavy (non-hydrogen) atoms. The van der Waals surface area contributed by atoms with Crippen LogP contribution in [0.2, 0.25) is 0 Å². The highest BCUT2D eigenvalue weighted by molar-refractivity contribution is 14.1. The third-order valence-electron chi connectivity index (χ3n) is 12.3. The minimum atomic E-state index is -1.57. The lowest BCUT2D eigenvalue weighted by Gasteiger charge is -2.18. The Morgan fingerprint density at radius 1 is 0.350 bits per heavy atom. The molecule has 0 heterocycles. The summed E-state index contributed by atoms with van der Waals surface area (Å²) in [4.78, 5) is 132. The van der Waals surface area contributed by atoms with E-state index in [1.165, 1.54) is 38.5 Å². The number of nitrogens with two attached hydrogens (primary N) is 1. The number of ether oxygens (including phenoxy) is 4. The molecule has 12 N–H and O–H groups in total. The first-order valence-electron chi connectivity index (χ1n) is 28.2. The fraction of sp³-hybridized carbons (Fsp3) is 0.792. The minimum absolute atomic E-state index is 0.0676. The Labute approximate surface area is 483 Å². The second-order valence-electron chi connectivity index (χ2n) is 19.3. The van der Waals surface area contributed by atoms with Gasteiger partial charge in [-0.05, 0) is 57.9 Å². The minimum Gasteiger partial charge on any atom is -0.481 e. The molecule has 0 aromatic carbocycles. The van der Waals surface area contributed by atoms with E-state index in [0.29, 0.717) is 19.4 Å². The van der Waals surface area contributed by atoms with E-state index in [9.17, 15) is 68.1 Å². The fourth-order valence-corrected chi connectivity index (χ4v) is 8.31. The monoisotopic (exact) mass is 1260 g/mol. The van der Waals surface area contributed by atoms with Crippen LogP contribution in [0.4, 0.5) is 0 Å². The average molecular weight is 1260 g/mol. The molecule has 0 radical (unpaired) electrons. The van der Waals surface area contributed by atoms with Gasteiger partial charge in [0.2, 0.25) is 39.2 Å². The summed E-state index contributed by atoms with van der Waals surface area (Å²) >= 11 is 1.65. The summed E-state index contributed by atoms with van der Waals surface area (Å²) in [5.41, 5.74) is 5.47. The standard InChI is InChI=1S/C53H92IN7O19/c54-50(70)39(19-17-18-28-55)58-48(67)38-80-36-34-78-32-30-57-47(66)37-79-35-33-77-31-29-56-43(62)25-22-40(51(71)72)60-45(64)27-24-42(53(75)76)61-46(65)26-23-41(52(73)74)59-44(63)20-15-13-11-9-7-5-3-1-2-4-6-8-10-12-14-16-21-49(68)69/h39-42H,1-38,55H2,(H,56,62)(H,57,66)(H,58,67)(H,59,63)(H,60,64)(H,61,65)(H,68,69)(H,71,72)(H,73,74)(H,75,76)/t39-,40-,41-,42-/m0/s1. The Hall–Kier alpha value is -5.10. The molecule has 0 aliphatic rings. The molecule has 460 valence electrons. The quantitative estimate of drug-likeness (QED) is 0.0237. The van der Waals surface area contributed by atoms with Gasteiger partial charge < -0.3 is 77.0 Å². The topological polar surface area (TPSA) is 404 Å². The number of carbonyl (C=O) groups excluding carboxylic acids is 7. The van der Waals surface area contributed by atoms with Gasteiger partial charge in [0.05, 0.1) is 45.7 Å². The van der Waals surface area contributed by atoms with Crippen LogP contribution in [-0.2, 0) is 71.7 Å². The smallest absolute Gasteiger partial charge is 0.326 e. The molecule has 27 heteroatoms. The summed E-state index contributed by atoms with van der Waals surface area (Å²) in [6.07, 6.45) is 17.0. The van der Waals surface area contributed by atoms with Crippen LogP contribution in [0.3, 0.4) is 0 Å². The Bertz CT molecular complexity index is 1820. The van der Waals surface area contributed by atoms with E-state index in [4.69, 9.17) is 29.8 Å². The summed E-state index contributed by atoms with van der Waals surface area (Å²) in [6, 6.07) is -5.03. The number of carboxylic acids is 4. The number of carbonyl (C=O) groups is 11. The first kappa shape index (κ1) is 74.9. The van der Waals surface area contributed by atoms with Gasteiger partial charge in [-0.3, -0.25) is 38.4 Å². The predicted octanol–water partition coefficient (Wildman–Crippen LogP) is 3.02. The molecule has 0 bridgehead atoms. The predicted molar refractivity (Wildman–Crippen MR) is 300 cm³/mol. The number of hydrogen-bond acceptors (Lipinski definition) is 16. The first-order valence-corrected chi connectivity index (χ1v) is 29.2. The van der Waals surface area contributed by atoms with Crippen molar-refractivity contribution in [2.45, 2.75) is 198 Å². The maximum atomic E-state index is 12.6. The van der Waals surface area contributed by atoms with Gasteiger partial charge in [-0.1, -0.05) is 89.9 Å². The zero-order valence-electron chi connectivity index (χ0n) is 46.5. The molecule has 0 fully saturated rings. The van der Waals surface area contributed by atoms with Crippen molar-refractivity contribution in [3.05, 3.63) is 0 Å². The van der Waals surface area contributed by atoms with E-state index >= 15 is 0 Å². The summed E-state index contributed by atoms with van der Waals surface area (Å²) < 4.78 is 21.1. The maximum Gasteiger partial charge on any atom is 0.326 e. The number of rotatable bonds is 56. The van der Waals surface area contributed by atoms with E-state index in [2.05, 4.69) is 31.9 Å². The lowest BCUT2D eigenvalue weighted by molar-refractivity contribution is -0.144. The first-order chi connectivity index (χ1) is 38.4. The number of hydrogen-bond donors (Lipinski definition) is 11. The molecule has 0 aromatic rings. The number of amides is 6. The van der Waals surface area contributed by atoms with Gasteiger partial charge in [0.1, 0.15) is 31.3 Å². The molecule has 4 atom stereocenters. The van der Waals surface area contributed by atoms with Crippen molar-refractivity contribution in [3.63, 3.8) is 0 Å². The van der Waals surface area contributed by atoms with Gasteiger partial charge in [0.25, 0.3) is 0 Å². The van der Waals surface area contributed by atoms with Crippen LogP contribution in [0.25, 0.3) is 0 Å². The van der Waals surface area contributed by atoms with Gasteiger partial charge >= 0.3 is 23.9 Å². The Morgan fingerprint density at radius 3 is 1.07 bits per heavy atom. The highest BCUT2D eigenvalue weighted by atomic mass is 127. The third kappa shape index (κ3) is 46.6. The van der Waals surface area contributed by atoms with Gasteiger partial charge in [-0.15, -0.1) is 0 Å². The number of unbranched alkanes of at least 4 members (excludes halogenated alkanes) is 16. The summed E-state index contributed by atoms with van der Waals surface area (Å²) in [5.74, 6) is -8.51. The number of halogens is 1. The Kier molecular flexibility index (Phi) is 47.6. The van der Waals surface area contributed by atoms with Crippen molar-refractivity contribution in [1.82, 2.24) is 31.9 Å². The molecule has 26 nitrogen and oxygen atoms in total. The average Bonchev–Trinajstić information content (AvgIpc) is 3.40. The molecular weight excluding hydrogens is 1170 g/mol. The molecule has 0 saturated carbocycles. The molecule has 0 saturated heterocycles. The van der Waals surface area contributed by atoms with Crippen LogP contribution >= 0.6 is 22.6 Å². The van der Waals surface area contributed by atoms with Crippen molar-refractivity contribution in [2.75, 3.05) is 72.5 Å². The van der Waals surface area contributed by atoms with Crippen molar-refractivity contribution in [3.8, 4) is 0 Å². The van der Waals surface area contributed by atoms with Gasteiger partial charge in [-0.2, -0.15) is 0 Å². The summed E-state index contributed by atoms with van der Waals surface area (Å²) in [6.45, 7) is 1.06. The molecule has 0 aromatic heterocycles. The number of carboxylic acid groups (broad SMARTS) is 4. The lowest BCUT2D eigenvalue weighted by atomic mass is 10.0. The van der Waals surface area contributed by atoms with Crippen LogP contribution < -0.4 is 37.6 Å². The van der Waals surface area contributed by atoms with Crippen molar-refractivity contribution >= 4 is 85.7 Å². The highest BCUT2D eigenvalue weighted by Crippen LogP contribution is 2.15. The molecule has 0 unspecified atom stereocenters. The SMILES string of the molecule is NCCCC[C@H](NC(=O)COCCOCCNC(=O)COCCOCCNC(=O)CC[C@H](NC(=O)CC[C@H](NC(=O)CC[C@H](NC(=O)CCCCCCCCCCCCCCCCCCC(=O)O)C(=O)O)C(=O)O)C(=O)O)C(=O)I. The molecule has 6 amide bonds. The highest BCUT2D eigenvalue weighted by Gasteiger charge is 2.26. The van der Waals surface area contributed by atoms with Crippen molar-refractivity contribution in [1.29, 1.82) is 0 Å². The second-order valence-corrected chi connectivity index (χ2v) is 20.3. The molecular formula is C53H92IN7O19. The Morgan fingerprint density at radius 2 is 0.688 bits per heavy atom. The zero-order valence-corrected chi connectivity index (χ0v) is 48.7. The Balaban J connectivity index is 4.18. The largest absolute Gasteiger partial charge is 0.481 e. The van der Waals surface area contributed by atoms with Crippen molar-refractivity contribution < 1.29 is 92.1 Å². The van der Waals surface area contributed by atoms with Crippen molar-refractivity contribution in [2.24, 2.45) is 5.73 Å². The third-order valence-corrected chi connectivity index (χ3v) is 13.1. The van der Waals surface area contributed by atoms with Gasteiger partial charge in [-0.25, -0.2) is 14.4 Å². The van der Waals surface area contributed by atoms with E-state index in [1.54, 1.807) is 22.6 Å². The second kappa shape index (κ2) is 50.8. The van der Waals surface area contributed by atoms with E-state index in [0.717, 1.165) is 70.6 Å². The lowest BCUT2D eigenvalue weighted by Crippen LogP contribution is -2.45. The van der Waals surface area contributed by atoms with Crippen LogP contribution in [0.15, 0.2) is 0 Å². The van der Waals surface area contributed by atoms with Crippen LogP contribution in [0.1, 0.15) is 173 Å². The van der Waals surface area contributed by atoms with Gasteiger partial charge in [0.15, 0.2) is 0 Å². The zero-order chi connectivity index (χ0) is 59.6. The van der Waals surface area contributed by atoms with Crippen LogP contribution in [0.5, 0.6) is 0 Å². The normalized spacial score (nSPS) is 12.5. The fourth-order valence-electron chi connectivity index (χ4n) is 7.84. The maximum absolute atomic E-state index is 12.6. The van der Waals surface area contributed by atoms with E-state index < -0.39 is 103 Å². The van der Waals surface area contributed by atoms with Crippen LogP contribution in [0, 0.1) is 0 Å². The molecule has 0 aliphatic heterocycles. The summed E-state index contributed by atoms with van der Waals surface area (Å²) in [7, 11) is 0. The van der Waals surface area contributed by atoms with Gasteiger partial charge in [0, 0.05) is 67.8 Å². The van der Waals surface area contributed by atoms with E-state index in [1.807, 2.05) is 0 Å². The molecule has 0 aliphatic carbocycles. The molecule has 0 spiro atoms. The number of nitrogens with one attached hydrogen (secondary N) is 6.